The SMILES string of the molecule is CC(=O)N1CCC(NC(=O)COc2ccc3ncccc3c2)CC1. The zero-order chi connectivity index (χ0) is 16.9. The van der Waals surface area contributed by atoms with E-state index in [2.05, 4.69) is 10.3 Å². The Hall–Kier alpha value is -2.63. The van der Waals surface area contributed by atoms with Crippen LogP contribution in [-0.2, 0) is 9.59 Å². The van der Waals surface area contributed by atoms with E-state index in [0.717, 1.165) is 23.7 Å². The van der Waals surface area contributed by atoms with Gasteiger partial charge in [0.1, 0.15) is 5.75 Å². The van der Waals surface area contributed by atoms with Crippen LogP contribution in [-0.4, -0.2) is 47.4 Å². The van der Waals surface area contributed by atoms with Gasteiger partial charge in [0.2, 0.25) is 5.91 Å². The van der Waals surface area contributed by atoms with Crippen LogP contribution in [0.4, 0.5) is 0 Å². The predicted octanol–water partition coefficient (Wildman–Crippen LogP) is 1.74. The van der Waals surface area contributed by atoms with E-state index in [9.17, 15) is 9.59 Å². The Bertz CT molecular complexity index is 739. The highest BCUT2D eigenvalue weighted by molar-refractivity contribution is 5.80. The minimum absolute atomic E-state index is 0.0152. The van der Waals surface area contributed by atoms with Crippen LogP contribution in [0.25, 0.3) is 10.9 Å². The van der Waals surface area contributed by atoms with E-state index in [1.54, 1.807) is 13.1 Å². The summed E-state index contributed by atoms with van der Waals surface area (Å²) in [5, 5.41) is 3.95. The predicted molar refractivity (Wildman–Crippen MR) is 90.7 cm³/mol. The number of fused-ring (bicyclic) bond motifs is 1. The van der Waals surface area contributed by atoms with Crippen LogP contribution in [0.2, 0.25) is 0 Å². The second kappa shape index (κ2) is 7.29. The summed E-state index contributed by atoms with van der Waals surface area (Å²) in [6.45, 7) is 2.95. The Morgan fingerprint density at radius 3 is 2.83 bits per heavy atom. The number of rotatable bonds is 4. The Kier molecular flexibility index (Phi) is 4.93. The highest BCUT2D eigenvalue weighted by atomic mass is 16.5. The first-order valence-electron chi connectivity index (χ1n) is 8.14. The number of hydrogen-bond acceptors (Lipinski definition) is 4. The summed E-state index contributed by atoms with van der Waals surface area (Å²) < 4.78 is 5.57. The number of carbonyl (C=O) groups excluding carboxylic acids is 2. The molecule has 0 saturated carbocycles. The molecule has 24 heavy (non-hydrogen) atoms. The molecule has 2 heterocycles. The first-order valence-corrected chi connectivity index (χ1v) is 8.14. The molecule has 1 aromatic heterocycles. The molecule has 1 aromatic carbocycles. The van der Waals surface area contributed by atoms with E-state index < -0.39 is 0 Å². The van der Waals surface area contributed by atoms with Crippen molar-refractivity contribution in [1.82, 2.24) is 15.2 Å². The summed E-state index contributed by atoms with van der Waals surface area (Å²) in [6, 6.07) is 9.50. The Labute approximate surface area is 140 Å². The average Bonchev–Trinajstić information content (AvgIpc) is 2.60. The molecule has 0 atom stereocenters. The van der Waals surface area contributed by atoms with Crippen molar-refractivity contribution < 1.29 is 14.3 Å². The average molecular weight is 327 g/mol. The molecule has 0 spiro atoms. The normalized spacial score (nSPS) is 15.3. The molecule has 126 valence electrons. The zero-order valence-corrected chi connectivity index (χ0v) is 13.7. The highest BCUT2D eigenvalue weighted by Crippen LogP contribution is 2.18. The van der Waals surface area contributed by atoms with Crippen LogP contribution < -0.4 is 10.1 Å². The number of nitrogens with zero attached hydrogens (tertiary/aromatic N) is 2. The van der Waals surface area contributed by atoms with Crippen molar-refractivity contribution in [1.29, 1.82) is 0 Å². The lowest BCUT2D eigenvalue weighted by Crippen LogP contribution is -2.47. The molecule has 2 amide bonds. The van der Waals surface area contributed by atoms with Gasteiger partial charge in [-0.3, -0.25) is 14.6 Å². The maximum absolute atomic E-state index is 12.0. The monoisotopic (exact) mass is 327 g/mol. The lowest BCUT2D eigenvalue weighted by atomic mass is 10.1. The molecule has 2 aromatic rings. The molecule has 1 saturated heterocycles. The smallest absolute Gasteiger partial charge is 0.258 e. The number of nitrogens with one attached hydrogen (secondary N) is 1. The molecule has 1 N–H and O–H groups in total. The molecule has 6 heteroatoms. The van der Waals surface area contributed by atoms with Crippen LogP contribution in [0, 0.1) is 0 Å². The van der Waals surface area contributed by atoms with Gasteiger partial charge in [-0.25, -0.2) is 0 Å². The van der Waals surface area contributed by atoms with Gasteiger partial charge in [-0.15, -0.1) is 0 Å². The van der Waals surface area contributed by atoms with E-state index in [-0.39, 0.29) is 24.5 Å². The topological polar surface area (TPSA) is 71.5 Å². The molecule has 3 rings (SSSR count). The van der Waals surface area contributed by atoms with Crippen LogP contribution in [0.15, 0.2) is 36.5 Å². The van der Waals surface area contributed by atoms with Crippen molar-refractivity contribution in [3.05, 3.63) is 36.5 Å². The van der Waals surface area contributed by atoms with Gasteiger partial charge in [0.25, 0.3) is 5.91 Å². The van der Waals surface area contributed by atoms with Crippen LogP contribution in [0.1, 0.15) is 19.8 Å². The van der Waals surface area contributed by atoms with E-state index in [1.807, 2.05) is 35.2 Å². The van der Waals surface area contributed by atoms with Crippen molar-refractivity contribution >= 4 is 22.7 Å². The number of ether oxygens (including phenoxy) is 1. The maximum atomic E-state index is 12.0. The summed E-state index contributed by atoms with van der Waals surface area (Å²) in [5.74, 6) is 0.605. The summed E-state index contributed by atoms with van der Waals surface area (Å²) in [6.07, 6.45) is 3.31. The largest absolute Gasteiger partial charge is 0.484 e. The molecule has 0 aliphatic carbocycles. The number of carbonyl (C=O) groups is 2. The third-order valence-corrected chi connectivity index (χ3v) is 4.25. The van der Waals surface area contributed by atoms with Gasteiger partial charge in [0.15, 0.2) is 6.61 Å². The number of aromatic nitrogens is 1. The molecule has 0 radical (unpaired) electrons. The fourth-order valence-corrected chi connectivity index (χ4v) is 2.90. The van der Waals surface area contributed by atoms with Gasteiger partial charge in [0, 0.05) is 37.6 Å². The highest BCUT2D eigenvalue weighted by Gasteiger charge is 2.21. The van der Waals surface area contributed by atoms with Crippen molar-refractivity contribution in [2.75, 3.05) is 19.7 Å². The third-order valence-electron chi connectivity index (χ3n) is 4.25. The van der Waals surface area contributed by atoms with E-state index >= 15 is 0 Å². The second-order valence-corrected chi connectivity index (χ2v) is 5.99. The minimum Gasteiger partial charge on any atom is -0.484 e. The van der Waals surface area contributed by atoms with Crippen molar-refractivity contribution in [2.24, 2.45) is 0 Å². The van der Waals surface area contributed by atoms with Gasteiger partial charge in [-0.1, -0.05) is 6.07 Å². The number of benzene rings is 1. The van der Waals surface area contributed by atoms with Crippen molar-refractivity contribution in [3.8, 4) is 5.75 Å². The Balaban J connectivity index is 1.47. The Morgan fingerprint density at radius 1 is 1.29 bits per heavy atom. The number of piperidine rings is 1. The van der Waals surface area contributed by atoms with Gasteiger partial charge in [0.05, 0.1) is 5.52 Å². The van der Waals surface area contributed by atoms with Gasteiger partial charge >= 0.3 is 0 Å². The van der Waals surface area contributed by atoms with Crippen molar-refractivity contribution in [2.45, 2.75) is 25.8 Å². The number of likely N-dealkylation sites (tertiary alicyclic amines) is 1. The fraction of sp³-hybridized carbons (Fsp3) is 0.389. The summed E-state index contributed by atoms with van der Waals surface area (Å²) in [4.78, 5) is 29.4. The van der Waals surface area contributed by atoms with E-state index in [1.165, 1.54) is 0 Å². The molecule has 0 unspecified atom stereocenters. The zero-order valence-electron chi connectivity index (χ0n) is 13.7. The molecule has 1 fully saturated rings. The quantitative estimate of drug-likeness (QED) is 0.928. The fourth-order valence-electron chi connectivity index (χ4n) is 2.90. The van der Waals surface area contributed by atoms with Gasteiger partial charge in [-0.2, -0.15) is 0 Å². The number of pyridine rings is 1. The van der Waals surface area contributed by atoms with Crippen LogP contribution in [0.3, 0.4) is 0 Å². The molecular formula is C18H21N3O3. The third kappa shape index (κ3) is 4.01. The van der Waals surface area contributed by atoms with E-state index in [4.69, 9.17) is 4.74 Å². The molecular weight excluding hydrogens is 306 g/mol. The first-order chi connectivity index (χ1) is 11.6. The standard InChI is InChI=1S/C18H21N3O3/c1-13(22)21-9-6-15(7-10-21)20-18(23)12-24-16-4-5-17-14(11-16)3-2-8-19-17/h2-5,8,11,15H,6-7,9-10,12H2,1H3,(H,20,23). The van der Waals surface area contributed by atoms with E-state index in [0.29, 0.717) is 18.8 Å². The molecule has 1 aliphatic heterocycles. The lowest BCUT2D eigenvalue weighted by Gasteiger charge is -2.31. The first kappa shape index (κ1) is 16.2. The molecule has 0 bridgehead atoms. The molecule has 1 aliphatic rings. The Morgan fingerprint density at radius 2 is 2.08 bits per heavy atom. The lowest BCUT2D eigenvalue weighted by molar-refractivity contribution is -0.130. The number of hydrogen-bond donors (Lipinski definition) is 1. The van der Waals surface area contributed by atoms with Gasteiger partial charge in [-0.05, 0) is 37.1 Å². The minimum atomic E-state index is -0.137. The summed E-state index contributed by atoms with van der Waals surface area (Å²) in [5.41, 5.74) is 0.895. The van der Waals surface area contributed by atoms with Crippen LogP contribution in [0.5, 0.6) is 5.75 Å². The maximum Gasteiger partial charge on any atom is 0.258 e. The van der Waals surface area contributed by atoms with Gasteiger partial charge < -0.3 is 15.0 Å². The summed E-state index contributed by atoms with van der Waals surface area (Å²) in [7, 11) is 0. The van der Waals surface area contributed by atoms with Crippen LogP contribution >= 0.6 is 0 Å². The summed E-state index contributed by atoms with van der Waals surface area (Å²) >= 11 is 0. The molecule has 6 nitrogen and oxygen atoms in total. The van der Waals surface area contributed by atoms with Crippen molar-refractivity contribution in [3.63, 3.8) is 0 Å². The number of amides is 2. The second-order valence-electron chi connectivity index (χ2n) is 5.99.